The van der Waals surface area contributed by atoms with Crippen LogP contribution in [0.4, 0.5) is 13.2 Å². The first-order valence-corrected chi connectivity index (χ1v) is 9.69. The molecule has 1 saturated carbocycles. The molecule has 1 aromatic rings. The van der Waals surface area contributed by atoms with Gasteiger partial charge in [-0.25, -0.2) is 0 Å². The minimum atomic E-state index is -4.69. The summed E-state index contributed by atoms with van der Waals surface area (Å²) in [6.45, 7) is 6.03. The lowest BCUT2D eigenvalue weighted by Crippen LogP contribution is -2.50. The van der Waals surface area contributed by atoms with Crippen molar-refractivity contribution < 1.29 is 23.0 Å². The molecule has 4 nitrogen and oxygen atoms in total. The average molecular weight is 459 g/mol. The lowest BCUT2D eigenvalue weighted by atomic mass is 9.79. The molecule has 1 aliphatic heterocycles. The van der Waals surface area contributed by atoms with E-state index in [2.05, 4.69) is 28.5 Å². The maximum Gasteiger partial charge on any atom is 0.573 e. The van der Waals surface area contributed by atoms with Crippen LogP contribution in [0.2, 0.25) is 0 Å². The number of likely N-dealkylation sites (N-methyl/N-ethyl adjacent to an activating group) is 1. The zero-order chi connectivity index (χ0) is 19.6. The molecule has 1 heterocycles. The molecule has 9 heteroatoms. The average Bonchev–Trinajstić information content (AvgIpc) is 3.00. The first-order valence-electron chi connectivity index (χ1n) is 9.69. The molecule has 3 rings (SSSR count). The highest BCUT2D eigenvalue weighted by Crippen LogP contribution is 2.42. The van der Waals surface area contributed by atoms with Gasteiger partial charge in [-0.3, -0.25) is 4.90 Å². The van der Waals surface area contributed by atoms with Crippen LogP contribution in [0.15, 0.2) is 24.3 Å². The summed E-state index contributed by atoms with van der Waals surface area (Å²) >= 11 is 0. The number of nitrogens with zero attached hydrogens (tertiary/aromatic N) is 2. The number of piperazine rings is 1. The van der Waals surface area contributed by atoms with Gasteiger partial charge < -0.3 is 14.7 Å². The normalized spacial score (nSPS) is 25.6. The summed E-state index contributed by atoms with van der Waals surface area (Å²) < 4.78 is 42.1. The fourth-order valence-electron chi connectivity index (χ4n) is 4.64. The molecule has 2 aliphatic rings. The third-order valence-electron chi connectivity index (χ3n) is 6.06. The largest absolute Gasteiger partial charge is 0.573 e. The molecule has 168 valence electrons. The summed E-state index contributed by atoms with van der Waals surface area (Å²) in [4.78, 5) is 4.71. The van der Waals surface area contributed by atoms with Crippen LogP contribution in [-0.4, -0.2) is 66.6 Å². The van der Waals surface area contributed by atoms with Gasteiger partial charge in [0.15, 0.2) is 0 Å². The Balaban J connectivity index is 0.00000210. The molecule has 0 radical (unpaired) electrons. The van der Waals surface area contributed by atoms with Gasteiger partial charge in [0.25, 0.3) is 0 Å². The molecule has 0 bridgehead atoms. The molecule has 1 aromatic carbocycles. The monoisotopic (exact) mass is 458 g/mol. The first-order chi connectivity index (χ1) is 12.7. The number of ether oxygens (including phenoxy) is 1. The Kier molecular flexibility index (Phi) is 10.0. The second kappa shape index (κ2) is 11.0. The Bertz CT molecular complexity index is 628. The molecule has 0 aromatic heterocycles. The topological polar surface area (TPSA) is 35.9 Å². The zero-order valence-electron chi connectivity index (χ0n) is 16.8. The number of rotatable bonds is 5. The lowest BCUT2D eigenvalue weighted by Gasteiger charge is -2.42. The van der Waals surface area contributed by atoms with E-state index in [4.69, 9.17) is 0 Å². The van der Waals surface area contributed by atoms with E-state index in [0.29, 0.717) is 6.42 Å². The van der Waals surface area contributed by atoms with Crippen LogP contribution in [0.5, 0.6) is 5.75 Å². The van der Waals surface area contributed by atoms with Crippen LogP contribution >= 0.6 is 24.8 Å². The Morgan fingerprint density at radius 1 is 1.10 bits per heavy atom. The van der Waals surface area contributed by atoms with Gasteiger partial charge in [-0.15, -0.1) is 38.0 Å². The van der Waals surface area contributed by atoms with Crippen LogP contribution < -0.4 is 4.74 Å². The molecule has 0 spiro atoms. The predicted octanol–water partition coefficient (Wildman–Crippen LogP) is 4.31. The SMILES string of the molecule is C[C@@H](C(c1cccc(OC(F)(F)F)c1)[C@@H]1CCC(O)C1)N1CCN(C)CC1.Cl.Cl. The number of benzene rings is 1. The van der Waals surface area contributed by atoms with E-state index in [9.17, 15) is 18.3 Å². The number of hydrogen-bond donors (Lipinski definition) is 1. The van der Waals surface area contributed by atoms with Crippen LogP contribution in [0.3, 0.4) is 0 Å². The quantitative estimate of drug-likeness (QED) is 0.712. The van der Waals surface area contributed by atoms with Crippen molar-refractivity contribution in [3.05, 3.63) is 29.8 Å². The van der Waals surface area contributed by atoms with E-state index in [1.165, 1.54) is 12.1 Å². The summed E-state index contributed by atoms with van der Waals surface area (Å²) in [7, 11) is 2.10. The Morgan fingerprint density at radius 2 is 1.76 bits per heavy atom. The predicted molar refractivity (Wildman–Crippen MR) is 112 cm³/mol. The Morgan fingerprint density at radius 3 is 2.31 bits per heavy atom. The van der Waals surface area contributed by atoms with Gasteiger partial charge in [-0.05, 0) is 56.8 Å². The maximum absolute atomic E-state index is 12.6. The standard InChI is InChI=1S/C20H29F3N2O2.2ClH/c1-14(25-10-8-24(2)9-11-25)19(16-6-7-17(26)12-16)15-4-3-5-18(13-15)27-20(21,22)23;;/h3-5,13-14,16-17,19,26H,6-12H2,1-2H3;2*1H/t14-,16+,17?,19?;;/m0../s1. The highest BCUT2D eigenvalue weighted by Gasteiger charge is 2.37. The van der Waals surface area contributed by atoms with Crippen molar-refractivity contribution in [3.8, 4) is 5.75 Å². The third-order valence-corrected chi connectivity index (χ3v) is 6.06. The van der Waals surface area contributed by atoms with Crippen molar-refractivity contribution >= 4 is 24.8 Å². The van der Waals surface area contributed by atoms with Crippen molar-refractivity contribution in [2.45, 2.75) is 50.6 Å². The summed E-state index contributed by atoms with van der Waals surface area (Å²) in [5.74, 6) is 0.159. The van der Waals surface area contributed by atoms with E-state index in [1.54, 1.807) is 6.07 Å². The van der Waals surface area contributed by atoms with E-state index in [0.717, 1.165) is 44.6 Å². The summed E-state index contributed by atoms with van der Waals surface area (Å²) in [5.41, 5.74) is 0.863. The van der Waals surface area contributed by atoms with Gasteiger partial charge in [-0.2, -0.15) is 0 Å². The van der Waals surface area contributed by atoms with Crippen LogP contribution in [0.1, 0.15) is 37.7 Å². The molecule has 2 unspecified atom stereocenters. The molecule has 29 heavy (non-hydrogen) atoms. The van der Waals surface area contributed by atoms with Crippen LogP contribution in [0.25, 0.3) is 0 Å². The van der Waals surface area contributed by atoms with Crippen molar-refractivity contribution in [3.63, 3.8) is 0 Å². The minimum Gasteiger partial charge on any atom is -0.406 e. The number of aliphatic hydroxyl groups excluding tert-OH is 1. The van der Waals surface area contributed by atoms with Crippen molar-refractivity contribution in [1.82, 2.24) is 9.80 Å². The molecule has 1 N–H and O–H groups in total. The van der Waals surface area contributed by atoms with Crippen molar-refractivity contribution in [1.29, 1.82) is 0 Å². The lowest BCUT2D eigenvalue weighted by molar-refractivity contribution is -0.274. The van der Waals surface area contributed by atoms with Gasteiger partial charge >= 0.3 is 6.36 Å². The van der Waals surface area contributed by atoms with Gasteiger partial charge in [0, 0.05) is 38.1 Å². The van der Waals surface area contributed by atoms with E-state index < -0.39 is 6.36 Å². The van der Waals surface area contributed by atoms with Crippen LogP contribution in [-0.2, 0) is 0 Å². The van der Waals surface area contributed by atoms with Gasteiger partial charge in [0.1, 0.15) is 5.75 Å². The fraction of sp³-hybridized carbons (Fsp3) is 0.700. The Labute approximate surface area is 183 Å². The summed E-state index contributed by atoms with van der Waals surface area (Å²) in [6.07, 6.45) is -2.65. The second-order valence-electron chi connectivity index (χ2n) is 7.95. The van der Waals surface area contributed by atoms with Crippen LogP contribution in [0, 0.1) is 5.92 Å². The second-order valence-corrected chi connectivity index (χ2v) is 7.95. The molecule has 1 saturated heterocycles. The molecule has 2 fully saturated rings. The van der Waals surface area contributed by atoms with Crippen molar-refractivity contribution in [2.75, 3.05) is 33.2 Å². The zero-order valence-corrected chi connectivity index (χ0v) is 18.4. The fourth-order valence-corrected chi connectivity index (χ4v) is 4.64. The first kappa shape index (κ1) is 26.3. The van der Waals surface area contributed by atoms with Gasteiger partial charge in [0.05, 0.1) is 6.10 Å². The smallest absolute Gasteiger partial charge is 0.406 e. The van der Waals surface area contributed by atoms with Crippen molar-refractivity contribution in [2.24, 2.45) is 5.92 Å². The van der Waals surface area contributed by atoms with E-state index in [-0.39, 0.29) is 54.5 Å². The number of aliphatic hydroxyl groups is 1. The summed E-state index contributed by atoms with van der Waals surface area (Å²) in [5, 5.41) is 10.0. The van der Waals surface area contributed by atoms with Gasteiger partial charge in [0.2, 0.25) is 0 Å². The Hall–Kier alpha value is -0.730. The highest BCUT2D eigenvalue weighted by molar-refractivity contribution is 5.85. The summed E-state index contributed by atoms with van der Waals surface area (Å²) in [6, 6.07) is 6.58. The molecular formula is C20H31Cl2F3N2O2. The molecule has 1 aliphatic carbocycles. The number of hydrogen-bond acceptors (Lipinski definition) is 4. The molecule has 0 amide bonds. The van der Waals surface area contributed by atoms with E-state index >= 15 is 0 Å². The molecule has 4 atom stereocenters. The number of halogens is 5. The van der Waals surface area contributed by atoms with Gasteiger partial charge in [-0.1, -0.05) is 12.1 Å². The maximum atomic E-state index is 12.6. The molecular weight excluding hydrogens is 428 g/mol. The minimum absolute atomic E-state index is 0. The highest BCUT2D eigenvalue weighted by atomic mass is 35.5. The third kappa shape index (κ3) is 7.17. The number of alkyl halides is 3. The van der Waals surface area contributed by atoms with E-state index in [1.807, 2.05) is 6.07 Å².